The molecule has 1 atom stereocenters. The fourth-order valence-electron chi connectivity index (χ4n) is 3.25. The molecule has 1 unspecified atom stereocenters. The van der Waals surface area contributed by atoms with E-state index >= 15 is 0 Å². The fraction of sp³-hybridized carbons (Fsp3) is 0.368. The van der Waals surface area contributed by atoms with Gasteiger partial charge in [0, 0.05) is 5.92 Å². The van der Waals surface area contributed by atoms with Gasteiger partial charge in [-0.1, -0.05) is 36.4 Å². The molecule has 1 aliphatic carbocycles. The van der Waals surface area contributed by atoms with Crippen molar-refractivity contribution in [2.24, 2.45) is 0 Å². The lowest BCUT2D eigenvalue weighted by atomic mass is 9.79. The third-order valence-electron chi connectivity index (χ3n) is 4.44. The Morgan fingerprint density at radius 1 is 0.900 bits per heavy atom. The zero-order chi connectivity index (χ0) is 14.2. The average Bonchev–Trinajstić information content (AvgIpc) is 2.46. The quantitative estimate of drug-likeness (QED) is 0.709. The van der Waals surface area contributed by atoms with Gasteiger partial charge in [0.1, 0.15) is 5.69 Å². The monoisotopic (exact) mass is 266 g/mol. The van der Waals surface area contributed by atoms with E-state index < -0.39 is 0 Å². The molecule has 0 fully saturated rings. The first kappa shape index (κ1) is 13.4. The maximum atomic E-state index is 2.33. The summed E-state index contributed by atoms with van der Waals surface area (Å²) in [7, 11) is 6.64. The lowest BCUT2D eigenvalue weighted by molar-refractivity contribution is 0.486. The van der Waals surface area contributed by atoms with E-state index in [9.17, 15) is 0 Å². The molecular formula is C19H24N+. The molecule has 0 radical (unpaired) electrons. The minimum atomic E-state index is 0.585. The highest BCUT2D eigenvalue weighted by molar-refractivity contribution is 5.46. The predicted octanol–water partition coefficient (Wildman–Crippen LogP) is 4.35. The zero-order valence-corrected chi connectivity index (χ0v) is 12.8. The molecule has 1 nitrogen and oxygen atoms in total. The summed E-state index contributed by atoms with van der Waals surface area (Å²) >= 11 is 0. The molecule has 0 saturated carbocycles. The van der Waals surface area contributed by atoms with Crippen LogP contribution in [-0.4, -0.2) is 21.1 Å². The van der Waals surface area contributed by atoms with E-state index in [0.717, 1.165) is 4.48 Å². The van der Waals surface area contributed by atoms with Gasteiger partial charge in [-0.3, -0.25) is 4.48 Å². The van der Waals surface area contributed by atoms with E-state index in [0.29, 0.717) is 5.92 Å². The maximum absolute atomic E-state index is 2.33. The van der Waals surface area contributed by atoms with Gasteiger partial charge < -0.3 is 0 Å². The van der Waals surface area contributed by atoms with Crippen molar-refractivity contribution in [3.8, 4) is 0 Å². The Balaban J connectivity index is 1.95. The number of hydrogen-bond acceptors (Lipinski definition) is 0. The molecule has 0 heterocycles. The summed E-state index contributed by atoms with van der Waals surface area (Å²) < 4.78 is 0.877. The SMILES string of the molecule is C[N+](C)(C)c1ccc(C2CCCc3ccccc32)cc1. The number of aryl methyl sites for hydroxylation is 1. The van der Waals surface area contributed by atoms with Crippen LogP contribution in [0.2, 0.25) is 0 Å². The van der Waals surface area contributed by atoms with Crippen LogP contribution >= 0.6 is 0 Å². The molecule has 0 N–H and O–H groups in total. The van der Waals surface area contributed by atoms with Crippen molar-refractivity contribution in [1.82, 2.24) is 4.48 Å². The van der Waals surface area contributed by atoms with E-state index in [1.165, 1.54) is 36.1 Å². The average molecular weight is 266 g/mol. The molecule has 1 heteroatoms. The van der Waals surface area contributed by atoms with Crippen LogP contribution in [0.25, 0.3) is 0 Å². The zero-order valence-electron chi connectivity index (χ0n) is 12.8. The third-order valence-corrected chi connectivity index (χ3v) is 4.44. The van der Waals surface area contributed by atoms with Crippen LogP contribution in [0.5, 0.6) is 0 Å². The fourth-order valence-corrected chi connectivity index (χ4v) is 3.25. The topological polar surface area (TPSA) is 0 Å². The first-order chi connectivity index (χ1) is 9.55. The minimum absolute atomic E-state index is 0.585. The molecule has 0 aliphatic heterocycles. The maximum Gasteiger partial charge on any atom is 0.132 e. The first-order valence-corrected chi connectivity index (χ1v) is 7.55. The van der Waals surface area contributed by atoms with Crippen LogP contribution in [0.1, 0.15) is 35.4 Å². The predicted molar refractivity (Wildman–Crippen MR) is 87.2 cm³/mol. The van der Waals surface area contributed by atoms with Crippen LogP contribution in [0.3, 0.4) is 0 Å². The summed E-state index contributed by atoms with van der Waals surface area (Å²) in [4.78, 5) is 0. The van der Waals surface area contributed by atoms with Crippen LogP contribution in [0, 0.1) is 0 Å². The Morgan fingerprint density at radius 3 is 2.30 bits per heavy atom. The molecule has 3 rings (SSSR count). The van der Waals surface area contributed by atoms with Gasteiger partial charge >= 0.3 is 0 Å². The number of nitrogens with zero attached hydrogens (tertiary/aromatic N) is 1. The molecule has 1 aliphatic rings. The third kappa shape index (κ3) is 2.51. The number of rotatable bonds is 2. The Morgan fingerprint density at radius 2 is 1.60 bits per heavy atom. The second kappa shape index (κ2) is 5.06. The van der Waals surface area contributed by atoms with Crippen molar-refractivity contribution in [1.29, 1.82) is 0 Å². The van der Waals surface area contributed by atoms with Gasteiger partial charge in [-0.25, -0.2) is 0 Å². The Kier molecular flexibility index (Phi) is 3.39. The van der Waals surface area contributed by atoms with Gasteiger partial charge in [0.05, 0.1) is 21.1 Å². The summed E-state index contributed by atoms with van der Waals surface area (Å²) in [5, 5.41) is 0. The standard InChI is InChI=1S/C19H24N/c1-20(2,3)17-13-11-16(12-14-17)19-10-6-8-15-7-4-5-9-18(15)19/h4-5,7,9,11-14,19H,6,8,10H2,1-3H3/q+1. The van der Waals surface area contributed by atoms with Crippen LogP contribution in [0.4, 0.5) is 5.69 Å². The number of hydrogen-bond donors (Lipinski definition) is 0. The first-order valence-electron chi connectivity index (χ1n) is 7.55. The Bertz CT molecular complexity index is 590. The number of benzene rings is 2. The van der Waals surface area contributed by atoms with E-state index in [-0.39, 0.29) is 0 Å². The largest absolute Gasteiger partial charge is 0.298 e. The summed E-state index contributed by atoms with van der Waals surface area (Å²) in [6.45, 7) is 0. The van der Waals surface area contributed by atoms with Crippen molar-refractivity contribution in [3.05, 3.63) is 65.2 Å². The van der Waals surface area contributed by atoms with Crippen molar-refractivity contribution in [2.75, 3.05) is 21.1 Å². The summed E-state index contributed by atoms with van der Waals surface area (Å²) in [6.07, 6.45) is 3.82. The molecule has 2 aromatic rings. The van der Waals surface area contributed by atoms with Gasteiger partial charge in [-0.2, -0.15) is 0 Å². The molecule has 0 bridgehead atoms. The van der Waals surface area contributed by atoms with Crippen LogP contribution < -0.4 is 4.48 Å². The summed E-state index contributed by atoms with van der Waals surface area (Å²) in [6, 6.07) is 18.2. The second-order valence-corrected chi connectivity index (χ2v) is 6.75. The highest BCUT2D eigenvalue weighted by Gasteiger charge is 2.22. The molecule has 0 amide bonds. The Labute approximate surface area is 122 Å². The van der Waals surface area contributed by atoms with E-state index in [2.05, 4.69) is 69.7 Å². The molecule has 0 saturated heterocycles. The number of quaternary nitrogens is 1. The highest BCUT2D eigenvalue weighted by atomic mass is 15.3. The summed E-state index contributed by atoms with van der Waals surface area (Å²) in [5.41, 5.74) is 5.91. The van der Waals surface area contributed by atoms with Crippen molar-refractivity contribution in [2.45, 2.75) is 25.2 Å². The second-order valence-electron chi connectivity index (χ2n) is 6.75. The van der Waals surface area contributed by atoms with Crippen LogP contribution in [0.15, 0.2) is 48.5 Å². The highest BCUT2D eigenvalue weighted by Crippen LogP contribution is 2.37. The van der Waals surface area contributed by atoms with Crippen molar-refractivity contribution in [3.63, 3.8) is 0 Å². The van der Waals surface area contributed by atoms with E-state index in [1.807, 2.05) is 0 Å². The van der Waals surface area contributed by atoms with Gasteiger partial charge in [0.15, 0.2) is 0 Å². The molecule has 0 aromatic heterocycles. The Hall–Kier alpha value is -1.60. The minimum Gasteiger partial charge on any atom is -0.298 e. The lowest BCUT2D eigenvalue weighted by Crippen LogP contribution is -2.34. The van der Waals surface area contributed by atoms with E-state index in [4.69, 9.17) is 0 Å². The van der Waals surface area contributed by atoms with Gasteiger partial charge in [-0.05, 0) is 48.1 Å². The molecule has 2 aromatic carbocycles. The smallest absolute Gasteiger partial charge is 0.132 e. The lowest BCUT2D eigenvalue weighted by Gasteiger charge is -2.27. The summed E-state index contributed by atoms with van der Waals surface area (Å²) in [5.74, 6) is 0.585. The normalized spacial score (nSPS) is 18.6. The number of fused-ring (bicyclic) bond motifs is 1. The van der Waals surface area contributed by atoms with Crippen molar-refractivity contribution < 1.29 is 0 Å². The van der Waals surface area contributed by atoms with Gasteiger partial charge in [-0.15, -0.1) is 0 Å². The van der Waals surface area contributed by atoms with Gasteiger partial charge in [0.2, 0.25) is 0 Å². The molecular weight excluding hydrogens is 242 g/mol. The van der Waals surface area contributed by atoms with Crippen LogP contribution in [-0.2, 0) is 6.42 Å². The van der Waals surface area contributed by atoms with Gasteiger partial charge in [0.25, 0.3) is 0 Å². The van der Waals surface area contributed by atoms with Crippen molar-refractivity contribution >= 4 is 5.69 Å². The molecule has 104 valence electrons. The molecule has 20 heavy (non-hydrogen) atoms. The van der Waals surface area contributed by atoms with E-state index in [1.54, 1.807) is 5.56 Å². The molecule has 0 spiro atoms.